The van der Waals surface area contributed by atoms with Gasteiger partial charge < -0.3 is 14.2 Å². The maximum atomic E-state index is 12.8. The second-order valence-corrected chi connectivity index (χ2v) is 23.5. The van der Waals surface area contributed by atoms with Gasteiger partial charge in [-0.05, 0) is 44.9 Å². The summed E-state index contributed by atoms with van der Waals surface area (Å²) in [5, 5.41) is 0. The molecule has 0 radical (unpaired) electrons. The summed E-state index contributed by atoms with van der Waals surface area (Å²) in [6.45, 7) is 6.67. The summed E-state index contributed by atoms with van der Waals surface area (Å²) in [6.07, 6.45) is 77.1. The number of carbonyl (C=O) groups excluding carboxylic acids is 3. The monoisotopic (exact) mass is 1060 g/mol. The second-order valence-electron chi connectivity index (χ2n) is 23.5. The molecule has 0 aromatic heterocycles. The Morgan fingerprint density at radius 1 is 0.253 bits per heavy atom. The summed E-state index contributed by atoms with van der Waals surface area (Å²) in [5.41, 5.74) is 0. The molecule has 0 heterocycles. The summed E-state index contributed by atoms with van der Waals surface area (Å²) < 4.78 is 16.9. The topological polar surface area (TPSA) is 78.9 Å². The van der Waals surface area contributed by atoms with Gasteiger partial charge in [0, 0.05) is 19.3 Å². The van der Waals surface area contributed by atoms with Crippen molar-refractivity contribution in [3.05, 3.63) is 12.2 Å². The zero-order valence-corrected chi connectivity index (χ0v) is 51.1. The van der Waals surface area contributed by atoms with Gasteiger partial charge in [0.25, 0.3) is 0 Å². The summed E-state index contributed by atoms with van der Waals surface area (Å²) in [4.78, 5) is 38.1. The van der Waals surface area contributed by atoms with Gasteiger partial charge in [0.2, 0.25) is 0 Å². The third-order valence-electron chi connectivity index (χ3n) is 15.8. The van der Waals surface area contributed by atoms with Crippen LogP contribution in [0.2, 0.25) is 0 Å². The molecule has 75 heavy (non-hydrogen) atoms. The fourth-order valence-corrected chi connectivity index (χ4v) is 10.6. The molecule has 0 saturated heterocycles. The molecule has 0 bridgehead atoms. The molecule has 0 aliphatic heterocycles. The van der Waals surface area contributed by atoms with Crippen LogP contribution in [0.15, 0.2) is 12.2 Å². The fourth-order valence-electron chi connectivity index (χ4n) is 10.6. The fraction of sp³-hybridized carbons (Fsp3) is 0.928. The molecule has 0 spiro atoms. The normalized spacial score (nSPS) is 12.0. The van der Waals surface area contributed by atoms with Crippen LogP contribution in [0, 0.1) is 0 Å². The minimum atomic E-state index is -0.769. The van der Waals surface area contributed by atoms with E-state index in [4.69, 9.17) is 14.2 Å². The van der Waals surface area contributed by atoms with Gasteiger partial charge >= 0.3 is 17.9 Å². The highest BCUT2D eigenvalue weighted by molar-refractivity contribution is 5.71. The van der Waals surface area contributed by atoms with Crippen molar-refractivity contribution in [2.45, 2.75) is 399 Å². The lowest BCUT2D eigenvalue weighted by Crippen LogP contribution is -2.30. The van der Waals surface area contributed by atoms with E-state index in [2.05, 4.69) is 32.9 Å². The van der Waals surface area contributed by atoms with E-state index >= 15 is 0 Å². The van der Waals surface area contributed by atoms with Gasteiger partial charge in [-0.2, -0.15) is 0 Å². The Balaban J connectivity index is 3.95. The molecule has 1 atom stereocenters. The molecule has 444 valence electrons. The molecule has 0 saturated carbocycles. The van der Waals surface area contributed by atoms with Crippen LogP contribution >= 0.6 is 0 Å². The molecule has 0 aliphatic carbocycles. The zero-order valence-electron chi connectivity index (χ0n) is 51.1. The van der Waals surface area contributed by atoms with Crippen molar-refractivity contribution in [3.8, 4) is 0 Å². The first-order chi connectivity index (χ1) is 37.0. The maximum Gasteiger partial charge on any atom is 0.306 e. The van der Waals surface area contributed by atoms with Gasteiger partial charge in [0.1, 0.15) is 13.2 Å². The lowest BCUT2D eigenvalue weighted by atomic mass is 10.0. The first kappa shape index (κ1) is 73.2. The van der Waals surface area contributed by atoms with Crippen LogP contribution in [0.5, 0.6) is 0 Å². The Kier molecular flexibility index (Phi) is 63.1. The lowest BCUT2D eigenvalue weighted by Gasteiger charge is -2.18. The Morgan fingerprint density at radius 2 is 0.440 bits per heavy atom. The second kappa shape index (κ2) is 64.7. The minimum absolute atomic E-state index is 0.0677. The third kappa shape index (κ3) is 62.9. The van der Waals surface area contributed by atoms with E-state index < -0.39 is 6.10 Å². The van der Waals surface area contributed by atoms with Crippen molar-refractivity contribution < 1.29 is 28.6 Å². The van der Waals surface area contributed by atoms with Crippen LogP contribution in [-0.4, -0.2) is 37.2 Å². The number of esters is 3. The van der Waals surface area contributed by atoms with Gasteiger partial charge in [0.05, 0.1) is 0 Å². The van der Waals surface area contributed by atoms with E-state index in [1.165, 1.54) is 289 Å². The van der Waals surface area contributed by atoms with Crippen LogP contribution in [0.4, 0.5) is 0 Å². The van der Waals surface area contributed by atoms with Gasteiger partial charge in [0.15, 0.2) is 6.10 Å². The highest BCUT2D eigenvalue weighted by Crippen LogP contribution is 2.19. The largest absolute Gasteiger partial charge is 0.462 e. The summed E-state index contributed by atoms with van der Waals surface area (Å²) in [7, 11) is 0. The maximum absolute atomic E-state index is 12.8. The zero-order chi connectivity index (χ0) is 54.3. The predicted octanol–water partition coefficient (Wildman–Crippen LogP) is 23.2. The highest BCUT2D eigenvalue weighted by atomic mass is 16.6. The Morgan fingerprint density at radius 3 is 0.667 bits per heavy atom. The number of hydrogen-bond acceptors (Lipinski definition) is 6. The van der Waals surface area contributed by atoms with E-state index in [0.717, 1.165) is 64.2 Å². The number of allylic oxidation sites excluding steroid dienone is 2. The molecule has 1 unspecified atom stereocenters. The lowest BCUT2D eigenvalue weighted by molar-refractivity contribution is -0.167. The number of rotatable bonds is 64. The average molecular weight is 1060 g/mol. The van der Waals surface area contributed by atoms with Crippen molar-refractivity contribution in [2.24, 2.45) is 0 Å². The quantitative estimate of drug-likeness (QED) is 0.0261. The van der Waals surface area contributed by atoms with Crippen molar-refractivity contribution in [2.75, 3.05) is 13.2 Å². The molecule has 6 heteroatoms. The van der Waals surface area contributed by atoms with E-state index in [9.17, 15) is 14.4 Å². The van der Waals surface area contributed by atoms with E-state index in [1.54, 1.807) is 0 Å². The van der Waals surface area contributed by atoms with Gasteiger partial charge in [-0.1, -0.05) is 341 Å². The van der Waals surface area contributed by atoms with Crippen molar-refractivity contribution in [1.82, 2.24) is 0 Å². The molecule has 0 amide bonds. The van der Waals surface area contributed by atoms with Crippen molar-refractivity contribution >= 4 is 17.9 Å². The number of unbranched alkanes of at least 4 members (excludes halogenated alkanes) is 51. The van der Waals surface area contributed by atoms with Gasteiger partial charge in [-0.15, -0.1) is 0 Å². The average Bonchev–Trinajstić information content (AvgIpc) is 3.41. The molecule has 0 aromatic rings. The van der Waals surface area contributed by atoms with Gasteiger partial charge in [-0.25, -0.2) is 0 Å². The Labute approximate surface area is 469 Å². The third-order valence-corrected chi connectivity index (χ3v) is 15.8. The van der Waals surface area contributed by atoms with E-state index in [0.29, 0.717) is 19.3 Å². The predicted molar refractivity (Wildman–Crippen MR) is 326 cm³/mol. The van der Waals surface area contributed by atoms with Gasteiger partial charge in [-0.3, -0.25) is 14.4 Å². The van der Waals surface area contributed by atoms with E-state index in [-0.39, 0.29) is 31.1 Å². The highest BCUT2D eigenvalue weighted by Gasteiger charge is 2.19. The standard InChI is InChI=1S/C69H132O6/c1-4-7-10-13-16-19-21-23-25-27-28-29-30-31-32-33-34-35-36-37-38-39-40-41-42-43-45-46-48-50-53-56-59-62-68(71)74-65-66(64-73-67(70)61-58-55-52-18-15-12-9-6-3)75-69(72)63-60-57-54-51-49-47-44-26-24-22-20-17-14-11-8-5-2/h26,44,66H,4-25,27-43,45-65H2,1-3H3/b44-26-. The molecule has 0 aromatic carbocycles. The molecule has 0 rings (SSSR count). The Hall–Kier alpha value is -1.85. The molecule has 0 N–H and O–H groups in total. The number of ether oxygens (including phenoxy) is 3. The SMILES string of the molecule is CCCCCCCCC/C=C\CCCCCCCC(=O)OC(COC(=O)CCCCCCCCCC)COC(=O)CCCCCCCCCCCCCCCCCCCCCCCCCCCCCCCCCCC. The molecular weight excluding hydrogens is 925 g/mol. The van der Waals surface area contributed by atoms with Crippen LogP contribution in [0.25, 0.3) is 0 Å². The number of carbonyl (C=O) groups is 3. The molecule has 0 fully saturated rings. The first-order valence-corrected chi connectivity index (χ1v) is 34.2. The minimum Gasteiger partial charge on any atom is -0.462 e. The summed E-state index contributed by atoms with van der Waals surface area (Å²) in [6, 6.07) is 0. The Bertz CT molecular complexity index is 1170. The van der Waals surface area contributed by atoms with Crippen LogP contribution in [0.3, 0.4) is 0 Å². The number of hydrogen-bond donors (Lipinski definition) is 0. The molecular formula is C69H132O6. The summed E-state index contributed by atoms with van der Waals surface area (Å²) >= 11 is 0. The van der Waals surface area contributed by atoms with Crippen LogP contribution in [-0.2, 0) is 28.6 Å². The first-order valence-electron chi connectivity index (χ1n) is 34.2. The van der Waals surface area contributed by atoms with Crippen LogP contribution in [0.1, 0.15) is 393 Å². The van der Waals surface area contributed by atoms with Crippen molar-refractivity contribution in [3.63, 3.8) is 0 Å². The summed E-state index contributed by atoms with van der Waals surface area (Å²) in [5.74, 6) is -0.854. The smallest absolute Gasteiger partial charge is 0.306 e. The van der Waals surface area contributed by atoms with E-state index in [1.807, 2.05) is 0 Å². The molecule has 6 nitrogen and oxygen atoms in total. The van der Waals surface area contributed by atoms with Crippen molar-refractivity contribution in [1.29, 1.82) is 0 Å². The van der Waals surface area contributed by atoms with Crippen LogP contribution < -0.4 is 0 Å². The molecule has 0 aliphatic rings.